The molecule has 0 amide bonds. The standard InChI is InChI=1S/C9H3F10N/c10-6(11,8(14,15)16)4-2-1-3-20-5(4)7(12,13)9(17,18)19/h1-3H. The third kappa shape index (κ3) is 2.52. The molecule has 0 saturated carbocycles. The molecule has 0 aliphatic carbocycles. The van der Waals surface area contributed by atoms with Crippen molar-refractivity contribution in [2.75, 3.05) is 0 Å². The van der Waals surface area contributed by atoms with E-state index in [-0.39, 0.29) is 12.3 Å². The summed E-state index contributed by atoms with van der Waals surface area (Å²) in [6, 6.07) is 0.209. The van der Waals surface area contributed by atoms with Gasteiger partial charge in [0.2, 0.25) is 0 Å². The molecule has 0 aliphatic heterocycles. The molecular weight excluding hydrogens is 312 g/mol. The Balaban J connectivity index is 3.55. The number of rotatable bonds is 2. The molecular formula is C9H3F10N. The number of alkyl halides is 10. The molecule has 1 heterocycles. The summed E-state index contributed by atoms with van der Waals surface area (Å²) in [4.78, 5) is 2.35. The predicted molar refractivity (Wildman–Crippen MR) is 44.1 cm³/mol. The SMILES string of the molecule is FC(F)(F)C(F)(F)c1cccnc1C(F)(F)C(F)(F)F. The normalized spacial score (nSPS) is 14.5. The minimum atomic E-state index is -6.36. The Morgan fingerprint density at radius 2 is 1.15 bits per heavy atom. The van der Waals surface area contributed by atoms with E-state index in [1.54, 1.807) is 0 Å². The van der Waals surface area contributed by atoms with Gasteiger partial charge in [0, 0.05) is 6.20 Å². The van der Waals surface area contributed by atoms with Gasteiger partial charge in [0.15, 0.2) is 0 Å². The number of hydrogen-bond acceptors (Lipinski definition) is 1. The molecule has 0 saturated heterocycles. The van der Waals surface area contributed by atoms with Gasteiger partial charge in [0.05, 0.1) is 5.56 Å². The molecule has 0 bridgehead atoms. The van der Waals surface area contributed by atoms with Gasteiger partial charge in [-0.1, -0.05) is 0 Å². The van der Waals surface area contributed by atoms with Crippen LogP contribution in [0.4, 0.5) is 43.9 Å². The molecule has 0 spiro atoms. The van der Waals surface area contributed by atoms with E-state index in [0.717, 1.165) is 0 Å². The Kier molecular flexibility index (Phi) is 3.70. The summed E-state index contributed by atoms with van der Waals surface area (Å²) in [7, 11) is 0. The van der Waals surface area contributed by atoms with Crippen LogP contribution in [0.2, 0.25) is 0 Å². The first-order chi connectivity index (χ1) is 8.73. The molecule has 1 nitrogen and oxygen atoms in total. The van der Waals surface area contributed by atoms with Crippen molar-refractivity contribution in [3.63, 3.8) is 0 Å². The van der Waals surface area contributed by atoms with Gasteiger partial charge in [-0.05, 0) is 12.1 Å². The van der Waals surface area contributed by atoms with E-state index in [1.807, 2.05) is 0 Å². The largest absolute Gasteiger partial charge is 0.459 e. The van der Waals surface area contributed by atoms with Crippen LogP contribution in [0, 0.1) is 0 Å². The van der Waals surface area contributed by atoms with Crippen LogP contribution in [-0.2, 0) is 11.8 Å². The van der Waals surface area contributed by atoms with E-state index in [1.165, 1.54) is 0 Å². The van der Waals surface area contributed by atoms with Gasteiger partial charge in [-0.15, -0.1) is 0 Å². The highest BCUT2D eigenvalue weighted by atomic mass is 19.4. The highest BCUT2D eigenvalue weighted by molar-refractivity contribution is 5.30. The van der Waals surface area contributed by atoms with Gasteiger partial charge in [-0.3, -0.25) is 4.98 Å². The quantitative estimate of drug-likeness (QED) is 0.738. The molecule has 11 heteroatoms. The van der Waals surface area contributed by atoms with Crippen LogP contribution >= 0.6 is 0 Å². The Hall–Kier alpha value is -1.55. The van der Waals surface area contributed by atoms with Gasteiger partial charge < -0.3 is 0 Å². The molecule has 0 atom stereocenters. The van der Waals surface area contributed by atoms with E-state index >= 15 is 0 Å². The summed E-state index contributed by atoms with van der Waals surface area (Å²) >= 11 is 0. The summed E-state index contributed by atoms with van der Waals surface area (Å²) in [6.45, 7) is 0. The summed E-state index contributed by atoms with van der Waals surface area (Å²) < 4.78 is 124. The molecule has 0 aromatic carbocycles. The van der Waals surface area contributed by atoms with Crippen molar-refractivity contribution in [3.05, 3.63) is 29.6 Å². The van der Waals surface area contributed by atoms with Crippen LogP contribution < -0.4 is 0 Å². The second-order valence-corrected chi connectivity index (χ2v) is 3.54. The van der Waals surface area contributed by atoms with Crippen LogP contribution in [0.3, 0.4) is 0 Å². The topological polar surface area (TPSA) is 12.9 Å². The van der Waals surface area contributed by atoms with Crippen molar-refractivity contribution < 1.29 is 43.9 Å². The zero-order valence-electron chi connectivity index (χ0n) is 8.96. The fourth-order valence-corrected chi connectivity index (χ4v) is 1.20. The Morgan fingerprint density at radius 3 is 1.55 bits per heavy atom. The summed E-state index contributed by atoms with van der Waals surface area (Å²) in [5.41, 5.74) is -5.23. The summed E-state index contributed by atoms with van der Waals surface area (Å²) in [5, 5.41) is 0. The molecule has 0 aliphatic rings. The van der Waals surface area contributed by atoms with E-state index in [0.29, 0.717) is 6.07 Å². The maximum Gasteiger partial charge on any atom is 0.459 e. The average Bonchev–Trinajstić information content (AvgIpc) is 2.26. The van der Waals surface area contributed by atoms with Gasteiger partial charge >= 0.3 is 24.2 Å². The first-order valence-corrected chi connectivity index (χ1v) is 4.58. The van der Waals surface area contributed by atoms with Gasteiger partial charge in [0.25, 0.3) is 0 Å². The molecule has 1 rings (SSSR count). The highest BCUT2D eigenvalue weighted by Crippen LogP contribution is 2.50. The second kappa shape index (κ2) is 4.48. The molecule has 114 valence electrons. The lowest BCUT2D eigenvalue weighted by Crippen LogP contribution is -2.41. The number of halogens is 10. The Morgan fingerprint density at radius 1 is 0.700 bits per heavy atom. The van der Waals surface area contributed by atoms with Crippen molar-refractivity contribution in [3.8, 4) is 0 Å². The third-order valence-electron chi connectivity index (χ3n) is 2.16. The maximum atomic E-state index is 13.0. The molecule has 0 unspecified atom stereocenters. The lowest BCUT2D eigenvalue weighted by Gasteiger charge is -2.26. The summed E-state index contributed by atoms with van der Waals surface area (Å²) in [6.07, 6.45) is -12.4. The monoisotopic (exact) mass is 315 g/mol. The van der Waals surface area contributed by atoms with Gasteiger partial charge in [-0.25, -0.2) is 0 Å². The lowest BCUT2D eigenvalue weighted by atomic mass is 10.0. The number of pyridine rings is 1. The van der Waals surface area contributed by atoms with Crippen molar-refractivity contribution in [1.29, 1.82) is 0 Å². The first-order valence-electron chi connectivity index (χ1n) is 4.58. The Bertz CT molecular complexity index is 441. The van der Waals surface area contributed by atoms with E-state index in [9.17, 15) is 43.9 Å². The summed E-state index contributed by atoms with van der Waals surface area (Å²) in [5.74, 6) is -11.8. The Labute approximate surface area is 104 Å². The predicted octanol–water partition coefficient (Wildman–Crippen LogP) is 4.39. The average molecular weight is 315 g/mol. The zero-order chi connectivity index (χ0) is 16.0. The fraction of sp³-hybridized carbons (Fsp3) is 0.444. The molecule has 0 radical (unpaired) electrons. The lowest BCUT2D eigenvalue weighted by molar-refractivity contribution is -0.303. The van der Waals surface area contributed by atoms with Crippen LogP contribution in [0.1, 0.15) is 11.3 Å². The molecule has 20 heavy (non-hydrogen) atoms. The van der Waals surface area contributed by atoms with Crippen molar-refractivity contribution in [2.24, 2.45) is 0 Å². The number of hydrogen-bond donors (Lipinski definition) is 0. The minimum Gasteiger partial charge on any atom is -0.254 e. The van der Waals surface area contributed by atoms with Crippen LogP contribution in [0.15, 0.2) is 18.3 Å². The van der Waals surface area contributed by atoms with Crippen molar-refractivity contribution in [2.45, 2.75) is 24.2 Å². The smallest absolute Gasteiger partial charge is 0.254 e. The molecule has 0 N–H and O–H groups in total. The zero-order valence-corrected chi connectivity index (χ0v) is 8.96. The second-order valence-electron chi connectivity index (χ2n) is 3.54. The van der Waals surface area contributed by atoms with Crippen LogP contribution in [0.25, 0.3) is 0 Å². The van der Waals surface area contributed by atoms with Crippen molar-refractivity contribution >= 4 is 0 Å². The minimum absolute atomic E-state index is 0.185. The maximum absolute atomic E-state index is 13.0. The van der Waals surface area contributed by atoms with Crippen LogP contribution in [0.5, 0.6) is 0 Å². The highest BCUT2D eigenvalue weighted by Gasteiger charge is 2.66. The van der Waals surface area contributed by atoms with Gasteiger partial charge in [-0.2, -0.15) is 43.9 Å². The van der Waals surface area contributed by atoms with Crippen molar-refractivity contribution in [1.82, 2.24) is 4.98 Å². The van der Waals surface area contributed by atoms with E-state index < -0.39 is 35.5 Å². The molecule has 0 fully saturated rings. The first kappa shape index (κ1) is 16.5. The van der Waals surface area contributed by atoms with E-state index in [4.69, 9.17) is 0 Å². The number of nitrogens with zero attached hydrogens (tertiary/aromatic N) is 1. The third-order valence-corrected chi connectivity index (χ3v) is 2.16. The number of aromatic nitrogens is 1. The van der Waals surface area contributed by atoms with E-state index in [2.05, 4.69) is 4.98 Å². The van der Waals surface area contributed by atoms with Crippen LogP contribution in [-0.4, -0.2) is 17.3 Å². The van der Waals surface area contributed by atoms with Gasteiger partial charge in [0.1, 0.15) is 5.69 Å². The fourth-order valence-electron chi connectivity index (χ4n) is 1.20. The molecule has 1 aromatic heterocycles. The molecule has 1 aromatic rings.